The predicted molar refractivity (Wildman–Crippen MR) is 94.2 cm³/mol. The van der Waals surface area contributed by atoms with Gasteiger partial charge in [-0.2, -0.15) is 12.6 Å². The van der Waals surface area contributed by atoms with Crippen molar-refractivity contribution in [3.05, 3.63) is 64.7 Å². The Morgan fingerprint density at radius 1 is 1.13 bits per heavy atom. The summed E-state index contributed by atoms with van der Waals surface area (Å²) in [6, 6.07) is 12.6. The largest absolute Gasteiger partial charge is 0.478 e. The molecule has 120 valence electrons. The van der Waals surface area contributed by atoms with E-state index in [9.17, 15) is 9.59 Å². The van der Waals surface area contributed by atoms with E-state index in [2.05, 4.69) is 17.9 Å². The SMILES string of the molecule is Cc1ccc(C(=O)O)cc1NC(=O)CCc1ccccc1CS. The van der Waals surface area contributed by atoms with Gasteiger partial charge in [0, 0.05) is 17.9 Å². The summed E-state index contributed by atoms with van der Waals surface area (Å²) in [5.41, 5.74) is 3.75. The highest BCUT2D eigenvalue weighted by Crippen LogP contribution is 2.18. The first-order valence-electron chi connectivity index (χ1n) is 7.32. The maximum atomic E-state index is 12.1. The second-order valence-corrected chi connectivity index (χ2v) is 5.63. The van der Waals surface area contributed by atoms with Gasteiger partial charge in [-0.1, -0.05) is 30.3 Å². The van der Waals surface area contributed by atoms with Crippen LogP contribution in [0.25, 0.3) is 0 Å². The summed E-state index contributed by atoms with van der Waals surface area (Å²) in [7, 11) is 0. The molecule has 0 aliphatic heterocycles. The number of carbonyl (C=O) groups excluding carboxylic acids is 1. The van der Waals surface area contributed by atoms with Gasteiger partial charge in [0.1, 0.15) is 0 Å². The van der Waals surface area contributed by atoms with E-state index >= 15 is 0 Å². The molecule has 4 nitrogen and oxygen atoms in total. The first-order valence-corrected chi connectivity index (χ1v) is 7.96. The molecule has 0 saturated carbocycles. The molecule has 2 aromatic rings. The lowest BCUT2D eigenvalue weighted by Gasteiger charge is -2.10. The zero-order chi connectivity index (χ0) is 16.8. The number of aromatic carboxylic acids is 1. The number of hydrogen-bond acceptors (Lipinski definition) is 3. The van der Waals surface area contributed by atoms with Gasteiger partial charge in [0.25, 0.3) is 0 Å². The van der Waals surface area contributed by atoms with Crippen molar-refractivity contribution in [3.8, 4) is 0 Å². The standard InChI is InChI=1S/C18H19NO3S/c1-12-6-7-14(18(21)22)10-16(12)19-17(20)9-8-13-4-2-3-5-15(13)11-23/h2-7,10,23H,8-9,11H2,1H3,(H,19,20)(H,21,22). The van der Waals surface area contributed by atoms with Gasteiger partial charge < -0.3 is 10.4 Å². The average Bonchev–Trinajstić information content (AvgIpc) is 2.55. The lowest BCUT2D eigenvalue weighted by molar-refractivity contribution is -0.116. The molecule has 0 aliphatic rings. The van der Waals surface area contributed by atoms with Gasteiger partial charge >= 0.3 is 5.97 Å². The first-order chi connectivity index (χ1) is 11.0. The molecule has 0 unspecified atom stereocenters. The lowest BCUT2D eigenvalue weighted by Crippen LogP contribution is -2.14. The fourth-order valence-electron chi connectivity index (χ4n) is 2.31. The molecule has 0 bridgehead atoms. The van der Waals surface area contributed by atoms with Gasteiger partial charge in [-0.25, -0.2) is 4.79 Å². The van der Waals surface area contributed by atoms with Gasteiger partial charge in [0.2, 0.25) is 5.91 Å². The molecule has 2 N–H and O–H groups in total. The molecule has 2 aromatic carbocycles. The van der Waals surface area contributed by atoms with Crippen molar-refractivity contribution in [2.45, 2.75) is 25.5 Å². The van der Waals surface area contributed by atoms with Crippen LogP contribution in [0.3, 0.4) is 0 Å². The summed E-state index contributed by atoms with van der Waals surface area (Å²) >= 11 is 4.29. The van der Waals surface area contributed by atoms with E-state index in [1.54, 1.807) is 6.07 Å². The molecule has 5 heteroatoms. The summed E-state index contributed by atoms with van der Waals surface area (Å²) in [5.74, 6) is -0.509. The summed E-state index contributed by atoms with van der Waals surface area (Å²) in [6.45, 7) is 1.83. The van der Waals surface area contributed by atoms with E-state index in [4.69, 9.17) is 5.11 Å². The van der Waals surface area contributed by atoms with E-state index in [-0.39, 0.29) is 11.5 Å². The number of aryl methyl sites for hydroxylation is 2. The average molecular weight is 329 g/mol. The zero-order valence-electron chi connectivity index (χ0n) is 12.9. The molecule has 23 heavy (non-hydrogen) atoms. The zero-order valence-corrected chi connectivity index (χ0v) is 13.8. The van der Waals surface area contributed by atoms with Crippen molar-refractivity contribution in [1.82, 2.24) is 0 Å². The van der Waals surface area contributed by atoms with Crippen LogP contribution in [-0.4, -0.2) is 17.0 Å². The van der Waals surface area contributed by atoms with Crippen LogP contribution in [0.15, 0.2) is 42.5 Å². The van der Waals surface area contributed by atoms with Crippen LogP contribution in [0, 0.1) is 6.92 Å². The van der Waals surface area contributed by atoms with Gasteiger partial charge in [0.05, 0.1) is 5.56 Å². The van der Waals surface area contributed by atoms with E-state index in [1.165, 1.54) is 12.1 Å². The third kappa shape index (κ3) is 4.60. The number of nitrogens with one attached hydrogen (secondary N) is 1. The molecule has 0 saturated heterocycles. The second-order valence-electron chi connectivity index (χ2n) is 5.31. The smallest absolute Gasteiger partial charge is 0.335 e. The van der Waals surface area contributed by atoms with Gasteiger partial charge in [0.15, 0.2) is 0 Å². The van der Waals surface area contributed by atoms with Crippen molar-refractivity contribution < 1.29 is 14.7 Å². The summed E-state index contributed by atoms with van der Waals surface area (Å²) in [4.78, 5) is 23.2. The monoisotopic (exact) mass is 329 g/mol. The highest BCUT2D eigenvalue weighted by atomic mass is 32.1. The normalized spacial score (nSPS) is 10.3. The van der Waals surface area contributed by atoms with Crippen molar-refractivity contribution in [2.24, 2.45) is 0 Å². The molecule has 0 aliphatic carbocycles. The number of carboxylic acids is 1. The molecule has 1 amide bonds. The summed E-state index contributed by atoms with van der Waals surface area (Å²) in [6.07, 6.45) is 0.960. The number of hydrogen-bond donors (Lipinski definition) is 3. The molecule has 2 rings (SSSR count). The van der Waals surface area contributed by atoms with Crippen LogP contribution >= 0.6 is 12.6 Å². The second kappa shape index (κ2) is 7.83. The van der Waals surface area contributed by atoms with Gasteiger partial charge in [-0.15, -0.1) is 0 Å². The Bertz CT molecular complexity index is 728. The quantitative estimate of drug-likeness (QED) is 0.708. The fraction of sp³-hybridized carbons (Fsp3) is 0.222. The molecule has 0 radical (unpaired) electrons. The van der Waals surface area contributed by atoms with Crippen LogP contribution in [0.2, 0.25) is 0 Å². The van der Waals surface area contributed by atoms with Crippen molar-refractivity contribution >= 4 is 30.2 Å². The highest BCUT2D eigenvalue weighted by molar-refractivity contribution is 7.79. The lowest BCUT2D eigenvalue weighted by atomic mass is 10.0. The predicted octanol–water partition coefficient (Wildman–Crippen LogP) is 3.69. The third-order valence-electron chi connectivity index (χ3n) is 3.67. The van der Waals surface area contributed by atoms with Crippen LogP contribution in [0.5, 0.6) is 0 Å². The van der Waals surface area contributed by atoms with Crippen LogP contribution in [0.1, 0.15) is 33.5 Å². The van der Waals surface area contributed by atoms with Gasteiger partial charge in [-0.05, 0) is 42.2 Å². The highest BCUT2D eigenvalue weighted by Gasteiger charge is 2.10. The minimum Gasteiger partial charge on any atom is -0.478 e. The Balaban J connectivity index is 2.02. The third-order valence-corrected chi connectivity index (χ3v) is 4.01. The molecular formula is C18H19NO3S. The topological polar surface area (TPSA) is 66.4 Å². The number of carboxylic acid groups (broad SMARTS) is 1. The van der Waals surface area contributed by atoms with Crippen LogP contribution in [0.4, 0.5) is 5.69 Å². The Hall–Kier alpha value is -2.27. The van der Waals surface area contributed by atoms with E-state index < -0.39 is 5.97 Å². The van der Waals surface area contributed by atoms with Gasteiger partial charge in [-0.3, -0.25) is 4.79 Å². The number of carbonyl (C=O) groups is 2. The molecule has 0 spiro atoms. The van der Waals surface area contributed by atoms with E-state index in [0.717, 1.165) is 16.7 Å². The number of thiol groups is 1. The molecule has 0 fully saturated rings. The number of benzene rings is 2. The Morgan fingerprint density at radius 2 is 1.83 bits per heavy atom. The minimum absolute atomic E-state index is 0.135. The maximum absolute atomic E-state index is 12.1. The maximum Gasteiger partial charge on any atom is 0.335 e. The minimum atomic E-state index is -1.01. The van der Waals surface area contributed by atoms with Crippen molar-refractivity contribution in [3.63, 3.8) is 0 Å². The number of anilines is 1. The first kappa shape index (κ1) is 17.1. The van der Waals surface area contributed by atoms with E-state index in [1.807, 2.05) is 31.2 Å². The molecular weight excluding hydrogens is 310 g/mol. The van der Waals surface area contributed by atoms with E-state index in [0.29, 0.717) is 24.3 Å². The van der Waals surface area contributed by atoms with Crippen LogP contribution in [-0.2, 0) is 17.0 Å². The molecule has 0 aromatic heterocycles. The summed E-state index contributed by atoms with van der Waals surface area (Å²) in [5, 5.41) is 11.8. The number of amides is 1. The number of rotatable bonds is 6. The van der Waals surface area contributed by atoms with Crippen molar-refractivity contribution in [1.29, 1.82) is 0 Å². The van der Waals surface area contributed by atoms with Crippen molar-refractivity contribution in [2.75, 3.05) is 5.32 Å². The Morgan fingerprint density at radius 3 is 2.48 bits per heavy atom. The molecule has 0 atom stereocenters. The molecule has 0 heterocycles. The summed E-state index contributed by atoms with van der Waals surface area (Å²) < 4.78 is 0. The Labute approximate surface area is 141 Å². The fourth-order valence-corrected chi connectivity index (χ4v) is 2.61. The van der Waals surface area contributed by atoms with Crippen LogP contribution < -0.4 is 5.32 Å². The Kier molecular flexibility index (Phi) is 5.82.